The Hall–Kier alpha value is -2.61. The van der Waals surface area contributed by atoms with Gasteiger partial charge in [0, 0.05) is 11.6 Å². The van der Waals surface area contributed by atoms with Gasteiger partial charge in [-0.2, -0.15) is 19.6 Å². The molecule has 1 aromatic carbocycles. The number of alkyl halides is 1. The van der Waals surface area contributed by atoms with Gasteiger partial charge in [0.25, 0.3) is 5.78 Å². The van der Waals surface area contributed by atoms with Crippen molar-refractivity contribution in [3.8, 4) is 11.1 Å². The third kappa shape index (κ3) is 3.69. The van der Waals surface area contributed by atoms with Gasteiger partial charge >= 0.3 is 0 Å². The molecule has 0 aliphatic carbocycles. The monoisotopic (exact) mass is 422 g/mol. The number of aromatic nitrogens is 4. The summed E-state index contributed by atoms with van der Waals surface area (Å²) in [6, 6.07) is 2.53. The van der Waals surface area contributed by atoms with Gasteiger partial charge in [0.05, 0.1) is 12.1 Å². The molecule has 0 bridgehead atoms. The number of fused-ring (bicyclic) bond motifs is 1. The molecule has 1 unspecified atom stereocenters. The molecule has 0 saturated carbocycles. The van der Waals surface area contributed by atoms with E-state index in [4.69, 9.17) is 17.4 Å². The smallest absolute Gasteiger partial charge is 0.246 e. The number of hydrazine groups is 3. The van der Waals surface area contributed by atoms with Crippen molar-refractivity contribution in [2.45, 2.75) is 13.1 Å². The Kier molecular flexibility index (Phi) is 5.60. The van der Waals surface area contributed by atoms with Crippen molar-refractivity contribution in [1.29, 1.82) is 0 Å². The van der Waals surface area contributed by atoms with Gasteiger partial charge in [-0.05, 0) is 19.1 Å². The number of benzene rings is 1. The normalized spacial score (nSPS) is 12.9. The van der Waals surface area contributed by atoms with Gasteiger partial charge in [0.1, 0.15) is 34.7 Å². The van der Waals surface area contributed by atoms with Gasteiger partial charge in [-0.3, -0.25) is 0 Å². The summed E-state index contributed by atoms with van der Waals surface area (Å²) in [5.74, 6) is 3.33. The molecule has 0 radical (unpaired) electrons. The summed E-state index contributed by atoms with van der Waals surface area (Å²) >= 11 is 6.12. The van der Waals surface area contributed by atoms with E-state index in [2.05, 4.69) is 15.1 Å². The second-order valence-electron chi connectivity index (χ2n) is 5.59. The summed E-state index contributed by atoms with van der Waals surface area (Å²) in [4.78, 5) is 7.69. The summed E-state index contributed by atoms with van der Waals surface area (Å²) in [6.45, 7) is 0.181. The van der Waals surface area contributed by atoms with Crippen molar-refractivity contribution >= 4 is 23.2 Å². The zero-order valence-corrected chi connectivity index (χ0v) is 14.8. The molecule has 28 heavy (non-hydrogen) atoms. The van der Waals surface area contributed by atoms with Crippen molar-refractivity contribution in [1.82, 2.24) is 30.2 Å². The lowest BCUT2D eigenvalue weighted by atomic mass is 10.1. The van der Waals surface area contributed by atoms with Crippen LogP contribution in [0, 0.1) is 11.6 Å². The molecule has 2 heterocycles. The van der Waals surface area contributed by atoms with Crippen LogP contribution < -0.4 is 11.0 Å². The quantitative estimate of drug-likeness (QED) is 0.215. The third-order valence-corrected chi connectivity index (χ3v) is 3.89. The van der Waals surface area contributed by atoms with E-state index in [1.165, 1.54) is 0 Å². The minimum atomic E-state index is -1.71. The molecule has 8 nitrogen and oxygen atoms in total. The van der Waals surface area contributed by atoms with Crippen LogP contribution in [0.3, 0.4) is 0 Å². The minimum Gasteiger partial charge on any atom is -0.246 e. The lowest BCUT2D eigenvalue weighted by Crippen LogP contribution is -2.54. The van der Waals surface area contributed by atoms with E-state index in [1.54, 1.807) is 0 Å². The lowest BCUT2D eigenvalue weighted by molar-refractivity contribution is -0.309. The Morgan fingerprint density at radius 2 is 2.00 bits per heavy atom. The fourth-order valence-corrected chi connectivity index (χ4v) is 2.76. The first-order chi connectivity index (χ1) is 13.2. The number of nitrogens with zero attached hydrogens (tertiary/aromatic N) is 7. The first kappa shape index (κ1) is 20.1. The van der Waals surface area contributed by atoms with Crippen molar-refractivity contribution in [3.63, 3.8) is 0 Å². The van der Waals surface area contributed by atoms with Gasteiger partial charge in [-0.25, -0.2) is 24.1 Å². The van der Waals surface area contributed by atoms with Crippen LogP contribution in [0.4, 0.5) is 28.0 Å². The SMILES string of the molecule is CC(F)CN(N(F)F)N(N)c1c(-c2ccc(F)cc2F)c(Cl)nc2ncnn12. The summed E-state index contributed by atoms with van der Waals surface area (Å²) in [5.41, 5.74) is -2.03. The van der Waals surface area contributed by atoms with Crippen LogP contribution in [0.1, 0.15) is 6.92 Å². The molecular weight excluding hydrogens is 411 g/mol. The molecule has 2 aromatic heterocycles. The maximum Gasteiger partial charge on any atom is 0.255 e. The molecule has 0 fully saturated rings. The van der Waals surface area contributed by atoms with E-state index in [9.17, 15) is 22.1 Å². The summed E-state index contributed by atoms with van der Waals surface area (Å²) in [6.07, 6.45) is -0.680. The predicted molar refractivity (Wildman–Crippen MR) is 89.1 cm³/mol. The van der Waals surface area contributed by atoms with E-state index in [0.717, 1.165) is 29.9 Å². The maximum atomic E-state index is 14.4. The van der Waals surface area contributed by atoms with E-state index < -0.39 is 35.6 Å². The van der Waals surface area contributed by atoms with Gasteiger partial charge < -0.3 is 0 Å². The molecule has 2 N–H and O–H groups in total. The number of hydrogen-bond acceptors (Lipinski definition) is 7. The number of rotatable bonds is 6. The third-order valence-electron chi connectivity index (χ3n) is 3.61. The lowest BCUT2D eigenvalue weighted by Gasteiger charge is -2.32. The number of nitrogens with two attached hydrogens (primary N) is 1. The molecule has 0 saturated heterocycles. The average Bonchev–Trinajstić information content (AvgIpc) is 3.06. The predicted octanol–water partition coefficient (Wildman–Crippen LogP) is 2.96. The number of hydrogen-bond donors (Lipinski definition) is 1. The van der Waals surface area contributed by atoms with E-state index >= 15 is 0 Å². The van der Waals surface area contributed by atoms with Gasteiger partial charge in [-0.1, -0.05) is 25.7 Å². The fraction of sp³-hybridized carbons (Fsp3) is 0.214. The molecule has 14 heteroatoms. The highest BCUT2D eigenvalue weighted by atomic mass is 35.5. The first-order valence-corrected chi connectivity index (χ1v) is 8.01. The van der Waals surface area contributed by atoms with E-state index in [0.29, 0.717) is 11.2 Å². The topological polar surface area (TPSA) is 78.8 Å². The summed E-state index contributed by atoms with van der Waals surface area (Å²) in [7, 11) is 0. The van der Waals surface area contributed by atoms with Crippen molar-refractivity contribution in [2.75, 3.05) is 11.7 Å². The molecule has 0 amide bonds. The highest BCUT2D eigenvalue weighted by Crippen LogP contribution is 2.37. The fourth-order valence-electron chi connectivity index (χ4n) is 2.50. The van der Waals surface area contributed by atoms with Crippen LogP contribution in [-0.2, 0) is 0 Å². The Morgan fingerprint density at radius 3 is 2.61 bits per heavy atom. The Labute approximate surface area is 159 Å². The van der Waals surface area contributed by atoms with Gasteiger partial charge in [0.2, 0.25) is 0 Å². The molecule has 0 aliphatic rings. The Balaban J connectivity index is 2.29. The minimum absolute atomic E-state index is 0.0301. The second kappa shape index (κ2) is 7.79. The first-order valence-electron chi connectivity index (χ1n) is 7.63. The van der Waals surface area contributed by atoms with Crippen LogP contribution in [-0.4, -0.2) is 42.9 Å². The summed E-state index contributed by atoms with van der Waals surface area (Å²) < 4.78 is 68.7. The molecule has 0 aliphatic heterocycles. The number of anilines is 1. The molecule has 1 atom stereocenters. The van der Waals surface area contributed by atoms with Crippen molar-refractivity contribution < 1.29 is 22.1 Å². The van der Waals surface area contributed by atoms with Crippen LogP contribution in [0.25, 0.3) is 16.9 Å². The van der Waals surface area contributed by atoms with Gasteiger partial charge in [-0.15, -0.1) is 0 Å². The Morgan fingerprint density at radius 1 is 1.29 bits per heavy atom. The number of halogens is 6. The molecular formula is C14H12ClF5N8. The largest absolute Gasteiger partial charge is 0.255 e. The van der Waals surface area contributed by atoms with E-state index in [1.807, 2.05) is 0 Å². The van der Waals surface area contributed by atoms with Crippen LogP contribution in [0.5, 0.6) is 0 Å². The molecule has 150 valence electrons. The summed E-state index contributed by atoms with van der Waals surface area (Å²) in [5, 5.41) is 3.80. The van der Waals surface area contributed by atoms with Crippen molar-refractivity contribution in [3.05, 3.63) is 41.3 Å². The van der Waals surface area contributed by atoms with E-state index in [-0.39, 0.29) is 27.2 Å². The van der Waals surface area contributed by atoms with Crippen LogP contribution in [0.2, 0.25) is 5.15 Å². The highest BCUT2D eigenvalue weighted by Gasteiger charge is 2.30. The standard InChI is InChI=1S/C14H12ClF5N8/c1-7(16)5-25(28(19)20)27(21)13-11(9-3-2-8(17)4-10(9)18)12(15)24-14-22-6-23-26(13)14/h2-4,6-7H,5,21H2,1H3. The average molecular weight is 423 g/mol. The maximum absolute atomic E-state index is 14.4. The zero-order chi connectivity index (χ0) is 20.6. The van der Waals surface area contributed by atoms with Crippen LogP contribution in [0.15, 0.2) is 24.5 Å². The molecule has 0 spiro atoms. The Bertz CT molecular complexity index is 997. The highest BCUT2D eigenvalue weighted by molar-refractivity contribution is 6.33. The van der Waals surface area contributed by atoms with Gasteiger partial charge in [0.15, 0.2) is 5.82 Å². The molecule has 3 rings (SSSR count). The van der Waals surface area contributed by atoms with Crippen LogP contribution >= 0.6 is 11.6 Å². The molecule has 3 aromatic rings. The second-order valence-corrected chi connectivity index (χ2v) is 5.95. The van der Waals surface area contributed by atoms with Crippen molar-refractivity contribution in [2.24, 2.45) is 5.84 Å². The zero-order valence-electron chi connectivity index (χ0n) is 14.1.